The fourth-order valence-corrected chi connectivity index (χ4v) is 11.8. The van der Waals surface area contributed by atoms with Crippen LogP contribution in [0.3, 0.4) is 0 Å². The minimum Gasteiger partial charge on any atom is -0.456 e. The first-order valence-corrected chi connectivity index (χ1v) is 23.2. The third-order valence-corrected chi connectivity index (χ3v) is 14.8. The van der Waals surface area contributed by atoms with E-state index in [0.29, 0.717) is 0 Å². The SMILES string of the molecule is CC1C/C=C2/C(=C(c3ccc4ccccc4c3)\N=C/1n1c3ccccc3c3ccccc31)Cc1ccc3c(c1)C(CCc1cc4ccccc4cc1-3)c1c2ccc2c1oc1ccccc12. The molecule has 1 aliphatic heterocycles. The van der Waals surface area contributed by atoms with Gasteiger partial charge in [-0.15, -0.1) is 0 Å². The molecule has 0 fully saturated rings. The zero-order valence-electron chi connectivity index (χ0n) is 36.2. The second-order valence-electron chi connectivity index (χ2n) is 18.5. The zero-order valence-corrected chi connectivity index (χ0v) is 36.2. The molecule has 3 aliphatic rings. The Hall–Kier alpha value is -7.75. The van der Waals surface area contributed by atoms with Crippen molar-refractivity contribution in [1.29, 1.82) is 0 Å². The number of hydrogen-bond donors (Lipinski definition) is 0. The Morgan fingerprint density at radius 2 is 1.25 bits per heavy atom. The summed E-state index contributed by atoms with van der Waals surface area (Å²) in [6.07, 6.45) is 6.06. The van der Waals surface area contributed by atoms with Gasteiger partial charge in [0.1, 0.15) is 17.0 Å². The predicted octanol–water partition coefficient (Wildman–Crippen LogP) is 16.1. The quantitative estimate of drug-likeness (QED) is 0.162. The van der Waals surface area contributed by atoms with Gasteiger partial charge in [0.2, 0.25) is 0 Å². The molecule has 65 heavy (non-hydrogen) atoms. The summed E-state index contributed by atoms with van der Waals surface area (Å²) in [5.41, 5.74) is 18.3. The van der Waals surface area contributed by atoms with Crippen LogP contribution in [0.5, 0.6) is 0 Å². The van der Waals surface area contributed by atoms with Gasteiger partial charge in [-0.2, -0.15) is 0 Å². The third-order valence-electron chi connectivity index (χ3n) is 14.8. The van der Waals surface area contributed by atoms with Crippen molar-refractivity contribution >= 4 is 82.4 Å². The van der Waals surface area contributed by atoms with E-state index < -0.39 is 0 Å². The normalized spacial score (nSPS) is 19.9. The van der Waals surface area contributed by atoms with Gasteiger partial charge in [0, 0.05) is 50.9 Å². The maximum absolute atomic E-state index is 7.13. The maximum atomic E-state index is 7.13. The van der Waals surface area contributed by atoms with Gasteiger partial charge in [0.25, 0.3) is 0 Å². The molecule has 9 aromatic carbocycles. The fraction of sp³-hybridized carbons (Fsp3) is 0.113. The number of allylic oxidation sites excluding steroid dienone is 3. The second-order valence-corrected chi connectivity index (χ2v) is 18.5. The van der Waals surface area contributed by atoms with Gasteiger partial charge in [-0.3, -0.25) is 4.57 Å². The van der Waals surface area contributed by atoms with Gasteiger partial charge in [-0.25, -0.2) is 4.99 Å². The summed E-state index contributed by atoms with van der Waals surface area (Å²) in [6, 6.07) is 67.7. The van der Waals surface area contributed by atoms with E-state index in [-0.39, 0.29) is 11.8 Å². The lowest BCUT2D eigenvalue weighted by molar-refractivity contribution is 0.646. The van der Waals surface area contributed by atoms with Crippen molar-refractivity contribution in [1.82, 2.24) is 4.57 Å². The highest BCUT2D eigenvalue weighted by atomic mass is 16.3. The molecule has 0 saturated heterocycles. The molecule has 2 aromatic heterocycles. The molecule has 0 saturated carbocycles. The van der Waals surface area contributed by atoms with Crippen LogP contribution in [-0.4, -0.2) is 10.4 Å². The van der Waals surface area contributed by atoms with Crippen molar-refractivity contribution in [2.75, 3.05) is 0 Å². The van der Waals surface area contributed by atoms with E-state index in [2.05, 4.69) is 200 Å². The van der Waals surface area contributed by atoms with Crippen molar-refractivity contribution in [3.63, 3.8) is 0 Å². The average molecular weight is 833 g/mol. The molecule has 2 atom stereocenters. The summed E-state index contributed by atoms with van der Waals surface area (Å²) >= 11 is 0. The Morgan fingerprint density at radius 1 is 0.569 bits per heavy atom. The summed E-state index contributed by atoms with van der Waals surface area (Å²) in [6.45, 7) is 2.36. The van der Waals surface area contributed by atoms with Gasteiger partial charge in [0.15, 0.2) is 0 Å². The van der Waals surface area contributed by atoms with Gasteiger partial charge in [-0.05, 0) is 122 Å². The lowest BCUT2D eigenvalue weighted by Gasteiger charge is -2.26. The number of aromatic nitrogens is 1. The third kappa shape index (κ3) is 5.58. The molecule has 0 N–H and O–H groups in total. The molecule has 2 aliphatic carbocycles. The number of benzene rings is 9. The summed E-state index contributed by atoms with van der Waals surface area (Å²) < 4.78 is 9.58. The number of hydrogen-bond acceptors (Lipinski definition) is 2. The number of aliphatic imine (C=N–C) groups is 1. The Labute approximate surface area is 377 Å². The number of furan rings is 1. The van der Waals surface area contributed by atoms with E-state index in [9.17, 15) is 0 Å². The molecule has 308 valence electrons. The first kappa shape index (κ1) is 36.7. The topological polar surface area (TPSA) is 30.4 Å². The van der Waals surface area contributed by atoms with Crippen LogP contribution in [0.2, 0.25) is 0 Å². The molecule has 14 rings (SSSR count). The summed E-state index contributed by atoms with van der Waals surface area (Å²) in [5, 5.41) is 9.85. The number of aryl methyl sites for hydroxylation is 1. The summed E-state index contributed by atoms with van der Waals surface area (Å²) in [4.78, 5) is 6.07. The average Bonchev–Trinajstić information content (AvgIpc) is 3.85. The van der Waals surface area contributed by atoms with E-state index in [1.54, 1.807) is 0 Å². The van der Waals surface area contributed by atoms with E-state index in [1.807, 2.05) is 0 Å². The summed E-state index contributed by atoms with van der Waals surface area (Å²) in [5.74, 6) is 1.26. The molecule has 0 radical (unpaired) electrons. The zero-order chi connectivity index (χ0) is 42.8. The second kappa shape index (κ2) is 14.1. The minimum absolute atomic E-state index is 0.0962. The molecule has 2 bridgehead atoms. The minimum atomic E-state index is 0.0962. The molecular weight excluding hydrogens is 789 g/mol. The van der Waals surface area contributed by atoms with E-state index in [0.717, 1.165) is 59.3 Å². The standard InChI is InChI=1S/C62H44N2O/c1-37-22-27-45-50-30-31-52-49-18-8-11-21-58(49)65-61(52)59(50)51-29-26-43-34-41-14-4-5-15-42(41)36-53(43)46-28-23-38(32-54(46)51)33-55(45)60(44-25-24-39-12-2-3-13-40(39)35-44)63-62(37)64-56-19-9-6-16-47(56)48-17-7-10-20-57(48)64/h2-21,23-25,27-28,30-32,34-37,51H,22,26,29,33H2,1H3/b45-27+,60-55-,63-62+. The molecule has 3 heteroatoms. The molecule has 0 spiro atoms. The van der Waals surface area contributed by atoms with Crippen LogP contribution < -0.4 is 0 Å². The van der Waals surface area contributed by atoms with Crippen LogP contribution >= 0.6 is 0 Å². The van der Waals surface area contributed by atoms with Crippen molar-refractivity contribution in [2.45, 2.75) is 38.5 Å². The maximum Gasteiger partial charge on any atom is 0.139 e. The Bertz CT molecular complexity index is 3870. The molecule has 0 amide bonds. The van der Waals surface area contributed by atoms with Crippen LogP contribution in [0.1, 0.15) is 59.1 Å². The smallest absolute Gasteiger partial charge is 0.139 e. The van der Waals surface area contributed by atoms with Crippen LogP contribution in [0, 0.1) is 5.92 Å². The number of para-hydroxylation sites is 3. The fourth-order valence-electron chi connectivity index (χ4n) is 11.8. The molecule has 11 aromatic rings. The molecule has 2 unspecified atom stereocenters. The first-order chi connectivity index (χ1) is 32.1. The van der Waals surface area contributed by atoms with E-state index in [4.69, 9.17) is 9.41 Å². The number of rotatable bonds is 1. The van der Waals surface area contributed by atoms with Gasteiger partial charge < -0.3 is 4.42 Å². The number of nitrogens with zero attached hydrogens (tertiary/aromatic N) is 2. The monoisotopic (exact) mass is 832 g/mol. The Morgan fingerprint density at radius 3 is 2.05 bits per heavy atom. The molecular formula is C62H44N2O. The van der Waals surface area contributed by atoms with E-state index >= 15 is 0 Å². The molecule has 3 nitrogen and oxygen atoms in total. The Kier molecular flexibility index (Phi) is 7.98. The van der Waals surface area contributed by atoms with Crippen molar-refractivity contribution in [3.05, 3.63) is 227 Å². The van der Waals surface area contributed by atoms with Crippen LogP contribution in [-0.2, 0) is 12.8 Å². The number of fused-ring (bicyclic) bond motifs is 16. The lowest BCUT2D eigenvalue weighted by atomic mass is 9.80. The predicted molar refractivity (Wildman–Crippen MR) is 272 cm³/mol. The highest BCUT2D eigenvalue weighted by Crippen LogP contribution is 2.51. The molecule has 3 heterocycles. The lowest BCUT2D eigenvalue weighted by Crippen LogP contribution is -2.22. The van der Waals surface area contributed by atoms with Gasteiger partial charge in [-0.1, -0.05) is 159 Å². The highest BCUT2D eigenvalue weighted by molar-refractivity contribution is 6.16. The highest BCUT2D eigenvalue weighted by Gasteiger charge is 2.34. The van der Waals surface area contributed by atoms with Gasteiger partial charge >= 0.3 is 0 Å². The van der Waals surface area contributed by atoms with Crippen LogP contribution in [0.25, 0.3) is 87.7 Å². The summed E-state index contributed by atoms with van der Waals surface area (Å²) in [7, 11) is 0. The van der Waals surface area contributed by atoms with Crippen LogP contribution in [0.4, 0.5) is 0 Å². The van der Waals surface area contributed by atoms with Crippen LogP contribution in [0.15, 0.2) is 203 Å². The van der Waals surface area contributed by atoms with E-state index in [1.165, 1.54) is 98.8 Å². The van der Waals surface area contributed by atoms with Gasteiger partial charge in [0.05, 0.1) is 16.7 Å². The van der Waals surface area contributed by atoms with Crippen molar-refractivity contribution in [2.24, 2.45) is 10.9 Å². The first-order valence-electron chi connectivity index (χ1n) is 23.2. The Balaban J connectivity index is 1.11. The largest absolute Gasteiger partial charge is 0.456 e. The van der Waals surface area contributed by atoms with Crippen molar-refractivity contribution < 1.29 is 4.42 Å². The van der Waals surface area contributed by atoms with Crippen molar-refractivity contribution in [3.8, 4) is 11.1 Å².